The highest BCUT2D eigenvalue weighted by Crippen LogP contribution is 2.21. The summed E-state index contributed by atoms with van der Waals surface area (Å²) in [5, 5.41) is 4.01. The summed E-state index contributed by atoms with van der Waals surface area (Å²) in [5.74, 6) is 1.81. The normalized spacial score (nSPS) is 16.9. The van der Waals surface area contributed by atoms with Gasteiger partial charge in [-0.05, 0) is 43.0 Å². The van der Waals surface area contributed by atoms with Crippen LogP contribution in [0.25, 0.3) is 0 Å². The Bertz CT molecular complexity index is 884. The molecular formula is C19H28N4O3S. The quantitative estimate of drug-likeness (QED) is 0.751. The van der Waals surface area contributed by atoms with E-state index < -0.39 is 10.0 Å². The van der Waals surface area contributed by atoms with E-state index in [2.05, 4.69) is 28.9 Å². The van der Waals surface area contributed by atoms with Crippen LogP contribution < -0.4 is 0 Å². The van der Waals surface area contributed by atoms with E-state index in [9.17, 15) is 8.42 Å². The lowest BCUT2D eigenvalue weighted by Crippen LogP contribution is -2.48. The van der Waals surface area contributed by atoms with Crippen LogP contribution in [0.3, 0.4) is 0 Å². The van der Waals surface area contributed by atoms with Crippen LogP contribution in [-0.4, -0.2) is 53.9 Å². The average molecular weight is 393 g/mol. The highest BCUT2D eigenvalue weighted by molar-refractivity contribution is 7.89. The third kappa shape index (κ3) is 4.75. The molecule has 8 heteroatoms. The molecular weight excluding hydrogens is 364 g/mol. The second kappa shape index (κ2) is 8.08. The van der Waals surface area contributed by atoms with Gasteiger partial charge in [0.1, 0.15) is 0 Å². The van der Waals surface area contributed by atoms with Gasteiger partial charge < -0.3 is 4.52 Å². The van der Waals surface area contributed by atoms with Gasteiger partial charge in [-0.15, -0.1) is 0 Å². The number of sulfonamides is 1. The SMILES string of the molecule is Cc1ccc(S(=O)(=O)N2CCN(Cc3nc(CC(C)C)no3)CC2)cc1C. The molecule has 0 aliphatic carbocycles. The topological polar surface area (TPSA) is 79.5 Å². The monoisotopic (exact) mass is 392 g/mol. The van der Waals surface area contributed by atoms with E-state index >= 15 is 0 Å². The van der Waals surface area contributed by atoms with E-state index in [4.69, 9.17) is 4.52 Å². The molecule has 1 aliphatic heterocycles. The Labute approximate surface area is 161 Å². The minimum absolute atomic E-state index is 0.370. The molecule has 2 aromatic rings. The highest BCUT2D eigenvalue weighted by atomic mass is 32.2. The zero-order valence-corrected chi connectivity index (χ0v) is 17.3. The van der Waals surface area contributed by atoms with E-state index in [1.807, 2.05) is 19.9 Å². The maximum atomic E-state index is 12.9. The van der Waals surface area contributed by atoms with Crippen LogP contribution in [0.4, 0.5) is 0 Å². The van der Waals surface area contributed by atoms with Crippen LogP contribution in [0.2, 0.25) is 0 Å². The molecule has 0 unspecified atom stereocenters. The lowest BCUT2D eigenvalue weighted by molar-refractivity contribution is 0.163. The molecule has 0 bridgehead atoms. The summed E-state index contributed by atoms with van der Waals surface area (Å²) in [6, 6.07) is 5.31. The van der Waals surface area contributed by atoms with Crippen molar-refractivity contribution in [2.75, 3.05) is 26.2 Å². The lowest BCUT2D eigenvalue weighted by atomic mass is 10.1. The van der Waals surface area contributed by atoms with Crippen molar-refractivity contribution in [1.82, 2.24) is 19.3 Å². The van der Waals surface area contributed by atoms with Gasteiger partial charge in [0, 0.05) is 32.6 Å². The molecule has 1 aromatic carbocycles. The highest BCUT2D eigenvalue weighted by Gasteiger charge is 2.29. The minimum Gasteiger partial charge on any atom is -0.338 e. The molecule has 1 aromatic heterocycles. The largest absolute Gasteiger partial charge is 0.338 e. The molecule has 3 rings (SSSR count). The maximum absolute atomic E-state index is 12.9. The predicted octanol–water partition coefficient (Wildman–Crippen LogP) is 2.39. The van der Waals surface area contributed by atoms with E-state index in [1.165, 1.54) is 0 Å². The second-order valence-corrected chi connectivity index (χ2v) is 9.57. The molecule has 148 valence electrons. The van der Waals surface area contributed by atoms with Gasteiger partial charge in [0.25, 0.3) is 0 Å². The number of rotatable bonds is 6. The first kappa shape index (κ1) is 20.0. The van der Waals surface area contributed by atoms with Crippen molar-refractivity contribution in [3.63, 3.8) is 0 Å². The Morgan fingerprint density at radius 1 is 1.11 bits per heavy atom. The van der Waals surface area contributed by atoms with Gasteiger partial charge in [-0.25, -0.2) is 8.42 Å². The molecule has 1 saturated heterocycles. The summed E-state index contributed by atoms with van der Waals surface area (Å²) in [6.45, 7) is 10.9. The van der Waals surface area contributed by atoms with Crippen LogP contribution in [0.5, 0.6) is 0 Å². The van der Waals surface area contributed by atoms with Crippen LogP contribution in [0, 0.1) is 19.8 Å². The van der Waals surface area contributed by atoms with Gasteiger partial charge >= 0.3 is 0 Å². The standard InChI is InChI=1S/C19H28N4O3S/c1-14(2)11-18-20-19(26-21-18)13-22-7-9-23(10-8-22)27(24,25)17-6-5-15(3)16(4)12-17/h5-6,12,14H,7-11,13H2,1-4H3. The smallest absolute Gasteiger partial charge is 0.243 e. The first-order valence-electron chi connectivity index (χ1n) is 9.37. The van der Waals surface area contributed by atoms with Crippen molar-refractivity contribution >= 4 is 10.0 Å². The van der Waals surface area contributed by atoms with Crippen molar-refractivity contribution in [2.24, 2.45) is 5.92 Å². The summed E-state index contributed by atoms with van der Waals surface area (Å²) in [7, 11) is -3.45. The van der Waals surface area contributed by atoms with Gasteiger partial charge in [-0.3, -0.25) is 4.90 Å². The number of hydrogen-bond donors (Lipinski definition) is 0. The van der Waals surface area contributed by atoms with Crippen molar-refractivity contribution in [3.05, 3.63) is 41.0 Å². The molecule has 0 atom stereocenters. The minimum atomic E-state index is -3.45. The fourth-order valence-electron chi connectivity index (χ4n) is 3.15. The Morgan fingerprint density at radius 3 is 2.44 bits per heavy atom. The zero-order valence-electron chi connectivity index (χ0n) is 16.5. The Kier molecular flexibility index (Phi) is 5.98. The molecule has 0 radical (unpaired) electrons. The number of benzene rings is 1. The number of aromatic nitrogens is 2. The van der Waals surface area contributed by atoms with Crippen molar-refractivity contribution in [2.45, 2.75) is 45.6 Å². The summed E-state index contributed by atoms with van der Waals surface area (Å²) < 4.78 is 32.7. The average Bonchev–Trinajstić information content (AvgIpc) is 3.03. The van der Waals surface area contributed by atoms with Crippen molar-refractivity contribution < 1.29 is 12.9 Å². The van der Waals surface area contributed by atoms with Gasteiger partial charge in [-0.1, -0.05) is 25.1 Å². The molecule has 0 amide bonds. The summed E-state index contributed by atoms with van der Waals surface area (Å²) in [6.07, 6.45) is 0.797. The Hall–Kier alpha value is -1.77. The molecule has 0 N–H and O–H groups in total. The fraction of sp³-hybridized carbons (Fsp3) is 0.579. The van der Waals surface area contributed by atoms with E-state index in [1.54, 1.807) is 16.4 Å². The zero-order chi connectivity index (χ0) is 19.6. The van der Waals surface area contributed by atoms with E-state index in [0.717, 1.165) is 23.4 Å². The van der Waals surface area contributed by atoms with Crippen LogP contribution in [0.1, 0.15) is 36.7 Å². The van der Waals surface area contributed by atoms with Crippen LogP contribution in [-0.2, 0) is 23.0 Å². The molecule has 0 spiro atoms. The second-order valence-electron chi connectivity index (χ2n) is 7.63. The summed E-state index contributed by atoms with van der Waals surface area (Å²) in [4.78, 5) is 6.95. The predicted molar refractivity (Wildman–Crippen MR) is 103 cm³/mol. The van der Waals surface area contributed by atoms with Crippen LogP contribution in [0.15, 0.2) is 27.6 Å². The molecule has 2 heterocycles. The van der Waals surface area contributed by atoms with E-state index in [0.29, 0.717) is 49.4 Å². The molecule has 1 aliphatic rings. The first-order chi connectivity index (χ1) is 12.8. The van der Waals surface area contributed by atoms with Crippen molar-refractivity contribution in [1.29, 1.82) is 0 Å². The molecule has 1 fully saturated rings. The van der Waals surface area contributed by atoms with E-state index in [-0.39, 0.29) is 0 Å². The summed E-state index contributed by atoms with van der Waals surface area (Å²) >= 11 is 0. The Balaban J connectivity index is 1.59. The third-order valence-electron chi connectivity index (χ3n) is 4.91. The fourth-order valence-corrected chi connectivity index (χ4v) is 4.65. The van der Waals surface area contributed by atoms with Crippen LogP contribution >= 0.6 is 0 Å². The van der Waals surface area contributed by atoms with Crippen molar-refractivity contribution in [3.8, 4) is 0 Å². The lowest BCUT2D eigenvalue weighted by Gasteiger charge is -2.33. The van der Waals surface area contributed by atoms with Gasteiger partial charge in [0.05, 0.1) is 11.4 Å². The maximum Gasteiger partial charge on any atom is 0.243 e. The third-order valence-corrected chi connectivity index (χ3v) is 6.80. The molecule has 0 saturated carbocycles. The van der Waals surface area contributed by atoms with Gasteiger partial charge in [0.15, 0.2) is 5.82 Å². The molecule has 27 heavy (non-hydrogen) atoms. The van der Waals surface area contributed by atoms with Gasteiger partial charge in [0.2, 0.25) is 15.9 Å². The Morgan fingerprint density at radius 2 is 1.81 bits per heavy atom. The number of piperazine rings is 1. The number of hydrogen-bond acceptors (Lipinski definition) is 6. The first-order valence-corrected chi connectivity index (χ1v) is 10.8. The number of nitrogens with zero attached hydrogens (tertiary/aromatic N) is 4. The van der Waals surface area contributed by atoms with Gasteiger partial charge in [-0.2, -0.15) is 9.29 Å². The summed E-state index contributed by atoms with van der Waals surface area (Å²) in [5.41, 5.74) is 2.08. The molecule has 7 nitrogen and oxygen atoms in total. The number of aryl methyl sites for hydroxylation is 2.